The van der Waals surface area contributed by atoms with Gasteiger partial charge in [0.2, 0.25) is 5.16 Å². The maximum atomic E-state index is 11.3. The highest BCUT2D eigenvalue weighted by Crippen LogP contribution is 2.36. The lowest BCUT2D eigenvalue weighted by Crippen LogP contribution is -2.13. The molecule has 0 bridgehead atoms. The van der Waals surface area contributed by atoms with Crippen LogP contribution in [0.4, 0.5) is 5.69 Å². The fraction of sp³-hybridized carbons (Fsp3) is 0.278. The number of nitro groups is 1. The second-order valence-corrected chi connectivity index (χ2v) is 7.36. The number of hydrogen-bond acceptors (Lipinski definition) is 8. The van der Waals surface area contributed by atoms with Gasteiger partial charge in [-0.15, -0.1) is 5.10 Å². The summed E-state index contributed by atoms with van der Waals surface area (Å²) in [6, 6.07) is 9.09. The first-order valence-electron chi connectivity index (χ1n) is 8.52. The molecule has 4 rings (SSSR count). The third-order valence-electron chi connectivity index (χ3n) is 4.37. The predicted octanol–water partition coefficient (Wildman–Crippen LogP) is 3.35. The zero-order valence-electron chi connectivity index (χ0n) is 15.3. The van der Waals surface area contributed by atoms with Crippen molar-refractivity contribution in [3.8, 4) is 11.4 Å². The topological polar surface area (TPSA) is 105 Å². The van der Waals surface area contributed by atoms with Gasteiger partial charge >= 0.3 is 0 Å². The third-order valence-corrected chi connectivity index (χ3v) is 5.34. The van der Waals surface area contributed by atoms with Gasteiger partial charge in [0.15, 0.2) is 6.79 Å². The Labute approximate surface area is 164 Å². The molecule has 0 amide bonds. The molecule has 0 atom stereocenters. The summed E-state index contributed by atoms with van der Waals surface area (Å²) in [6.07, 6.45) is 0. The first-order chi connectivity index (χ1) is 13.5. The second kappa shape index (κ2) is 7.56. The fourth-order valence-corrected chi connectivity index (χ4v) is 3.85. The van der Waals surface area contributed by atoms with Crippen molar-refractivity contribution in [2.75, 3.05) is 6.79 Å². The Morgan fingerprint density at radius 1 is 1.29 bits per heavy atom. The molecule has 9 nitrogen and oxygen atoms in total. The first-order valence-corrected chi connectivity index (χ1v) is 9.51. The Kier molecular flexibility index (Phi) is 4.97. The van der Waals surface area contributed by atoms with Crippen LogP contribution in [0.25, 0.3) is 5.69 Å². The van der Waals surface area contributed by atoms with Crippen LogP contribution < -0.4 is 4.74 Å². The minimum Gasteiger partial charge on any atom is -0.467 e. The van der Waals surface area contributed by atoms with E-state index < -0.39 is 4.92 Å². The average molecular weight is 399 g/mol. The number of benzene rings is 2. The number of ether oxygens (including phenoxy) is 2. The van der Waals surface area contributed by atoms with Crippen molar-refractivity contribution < 1.29 is 14.4 Å². The van der Waals surface area contributed by atoms with Crippen molar-refractivity contribution in [2.45, 2.75) is 31.4 Å². The average Bonchev–Trinajstić information content (AvgIpc) is 3.16. The Morgan fingerprint density at radius 3 is 2.96 bits per heavy atom. The van der Waals surface area contributed by atoms with E-state index in [1.54, 1.807) is 4.68 Å². The minimum atomic E-state index is -0.413. The molecule has 0 saturated carbocycles. The van der Waals surface area contributed by atoms with Gasteiger partial charge in [-0.05, 0) is 41.5 Å². The van der Waals surface area contributed by atoms with Crippen LogP contribution in [0.1, 0.15) is 22.3 Å². The van der Waals surface area contributed by atoms with E-state index in [4.69, 9.17) is 9.47 Å². The lowest BCUT2D eigenvalue weighted by Gasteiger charge is -2.20. The van der Waals surface area contributed by atoms with Crippen molar-refractivity contribution >= 4 is 17.4 Å². The lowest BCUT2D eigenvalue weighted by molar-refractivity contribution is -0.385. The van der Waals surface area contributed by atoms with Crippen molar-refractivity contribution in [2.24, 2.45) is 0 Å². The van der Waals surface area contributed by atoms with Crippen molar-refractivity contribution in [1.82, 2.24) is 20.2 Å². The molecule has 0 aliphatic carbocycles. The number of nitrogens with zero attached hydrogens (tertiary/aromatic N) is 5. The van der Waals surface area contributed by atoms with Gasteiger partial charge in [-0.25, -0.2) is 0 Å². The molecule has 2 aromatic carbocycles. The van der Waals surface area contributed by atoms with Crippen LogP contribution in [-0.2, 0) is 17.1 Å². The Morgan fingerprint density at radius 2 is 2.14 bits per heavy atom. The summed E-state index contributed by atoms with van der Waals surface area (Å²) in [6.45, 7) is 4.42. The van der Waals surface area contributed by atoms with Gasteiger partial charge < -0.3 is 9.47 Å². The van der Waals surface area contributed by atoms with Crippen LogP contribution in [-0.4, -0.2) is 31.9 Å². The second-order valence-electron chi connectivity index (χ2n) is 6.41. The van der Waals surface area contributed by atoms with Gasteiger partial charge in [-0.3, -0.25) is 10.1 Å². The zero-order valence-corrected chi connectivity index (χ0v) is 16.1. The number of tetrazole rings is 1. The highest BCUT2D eigenvalue weighted by Gasteiger charge is 2.22. The van der Waals surface area contributed by atoms with Crippen LogP contribution in [0.2, 0.25) is 0 Å². The molecule has 0 unspecified atom stereocenters. The summed E-state index contributed by atoms with van der Waals surface area (Å²) in [5.74, 6) is 1.06. The number of thioether (sulfide) groups is 1. The molecule has 0 fully saturated rings. The van der Waals surface area contributed by atoms with Crippen molar-refractivity contribution in [3.63, 3.8) is 0 Å². The van der Waals surface area contributed by atoms with Crippen LogP contribution in [0.3, 0.4) is 0 Å². The number of aryl methyl sites for hydroxylation is 2. The summed E-state index contributed by atoms with van der Waals surface area (Å²) >= 11 is 1.39. The minimum absolute atomic E-state index is 0.0116. The zero-order chi connectivity index (χ0) is 19.7. The van der Waals surface area contributed by atoms with Crippen molar-refractivity contribution in [3.05, 3.63) is 62.7 Å². The highest BCUT2D eigenvalue weighted by atomic mass is 32.2. The maximum absolute atomic E-state index is 11.3. The van der Waals surface area contributed by atoms with Crippen LogP contribution in [0.5, 0.6) is 5.75 Å². The van der Waals surface area contributed by atoms with E-state index in [9.17, 15) is 10.1 Å². The number of non-ortho nitro benzene ring substituents is 1. The lowest BCUT2D eigenvalue weighted by atomic mass is 10.1. The van der Waals surface area contributed by atoms with E-state index in [2.05, 4.69) is 15.5 Å². The number of fused-ring (bicyclic) bond motifs is 1. The Hall–Kier alpha value is -2.98. The van der Waals surface area contributed by atoms with Gasteiger partial charge in [-0.1, -0.05) is 23.9 Å². The molecule has 10 heteroatoms. The number of nitro benzene ring substituents is 1. The van der Waals surface area contributed by atoms with E-state index in [0.717, 1.165) is 16.8 Å². The number of hydrogen-bond donors (Lipinski definition) is 0. The SMILES string of the molecule is Cc1ccc(C)c(-n2nnnc2SCc2cc([N+](=O)[O-])cc3c2OCOC3)c1. The molecule has 1 aliphatic rings. The van der Waals surface area contributed by atoms with E-state index in [0.29, 0.717) is 27.8 Å². The first kappa shape index (κ1) is 18.4. The molecule has 0 N–H and O–H groups in total. The monoisotopic (exact) mass is 399 g/mol. The van der Waals surface area contributed by atoms with E-state index >= 15 is 0 Å². The Bertz CT molecular complexity index is 1050. The quantitative estimate of drug-likeness (QED) is 0.365. The molecular formula is C18H17N5O4S. The van der Waals surface area contributed by atoms with Crippen LogP contribution >= 0.6 is 11.8 Å². The van der Waals surface area contributed by atoms with Crippen LogP contribution in [0, 0.1) is 24.0 Å². The molecular weight excluding hydrogens is 382 g/mol. The summed E-state index contributed by atoms with van der Waals surface area (Å²) in [5, 5.41) is 23.9. The van der Waals surface area contributed by atoms with E-state index in [1.165, 1.54) is 23.9 Å². The molecule has 3 aromatic rings. The van der Waals surface area contributed by atoms with Gasteiger partial charge in [0.25, 0.3) is 5.69 Å². The smallest absolute Gasteiger partial charge is 0.270 e. The molecule has 1 aliphatic heterocycles. The van der Waals surface area contributed by atoms with Crippen LogP contribution in [0.15, 0.2) is 35.5 Å². The van der Waals surface area contributed by atoms with E-state index in [-0.39, 0.29) is 19.1 Å². The van der Waals surface area contributed by atoms with Crippen molar-refractivity contribution in [1.29, 1.82) is 0 Å². The molecule has 144 valence electrons. The molecule has 0 saturated heterocycles. The maximum Gasteiger partial charge on any atom is 0.270 e. The predicted molar refractivity (Wildman–Crippen MR) is 102 cm³/mol. The largest absolute Gasteiger partial charge is 0.467 e. The molecule has 0 radical (unpaired) electrons. The normalized spacial score (nSPS) is 13.1. The molecule has 0 spiro atoms. The number of aromatic nitrogens is 4. The third kappa shape index (κ3) is 3.56. The standard InChI is InChI=1S/C18H17N5O4S/c1-11-3-4-12(2)16(5-11)22-18(19-20-21-22)28-9-14-7-15(23(24)25)6-13-8-26-10-27-17(13)14/h3-7H,8-10H2,1-2H3. The number of rotatable bonds is 5. The van der Waals surface area contributed by atoms with Gasteiger partial charge in [-0.2, -0.15) is 4.68 Å². The molecule has 28 heavy (non-hydrogen) atoms. The summed E-state index contributed by atoms with van der Waals surface area (Å²) < 4.78 is 12.5. The summed E-state index contributed by atoms with van der Waals surface area (Å²) in [7, 11) is 0. The highest BCUT2D eigenvalue weighted by molar-refractivity contribution is 7.98. The molecule has 2 heterocycles. The Balaban J connectivity index is 1.65. The summed E-state index contributed by atoms with van der Waals surface area (Å²) in [4.78, 5) is 10.8. The van der Waals surface area contributed by atoms with Gasteiger partial charge in [0.05, 0.1) is 17.2 Å². The van der Waals surface area contributed by atoms with Gasteiger partial charge in [0, 0.05) is 29.0 Å². The molecule has 1 aromatic heterocycles. The van der Waals surface area contributed by atoms with Gasteiger partial charge in [0.1, 0.15) is 5.75 Å². The summed E-state index contributed by atoms with van der Waals surface area (Å²) in [5.41, 5.74) is 4.45. The fourth-order valence-electron chi connectivity index (χ4n) is 3.00. The van der Waals surface area contributed by atoms with E-state index in [1.807, 2.05) is 32.0 Å².